The minimum absolute atomic E-state index is 0.0536. The number of hydrogen-bond donors (Lipinski definition) is 1. The van der Waals surface area contributed by atoms with Crippen LogP contribution in [0.15, 0.2) is 41.7 Å². The van der Waals surface area contributed by atoms with E-state index in [1.165, 1.54) is 36.8 Å². The zero-order valence-corrected chi connectivity index (χ0v) is 11.0. The minimum atomic E-state index is -3.81. The van der Waals surface area contributed by atoms with Crippen molar-refractivity contribution in [3.63, 3.8) is 0 Å². The zero-order chi connectivity index (χ0) is 13.9. The van der Waals surface area contributed by atoms with Gasteiger partial charge in [0.25, 0.3) is 10.0 Å². The van der Waals surface area contributed by atoms with Crippen LogP contribution in [0.3, 0.4) is 0 Å². The third-order valence-electron chi connectivity index (χ3n) is 2.17. The van der Waals surface area contributed by atoms with Gasteiger partial charge in [-0.05, 0) is 18.2 Å². The average molecular weight is 295 g/mol. The number of hydrogen-bond acceptors (Lipinski definition) is 5. The first kappa shape index (κ1) is 13.3. The van der Waals surface area contributed by atoms with Crippen LogP contribution in [0, 0.1) is 11.3 Å². The second kappa shape index (κ2) is 5.22. The monoisotopic (exact) mass is 294 g/mol. The Balaban J connectivity index is 2.36. The van der Waals surface area contributed by atoms with Crippen LogP contribution in [0.2, 0.25) is 5.02 Å². The third kappa shape index (κ3) is 2.99. The number of aromatic nitrogens is 2. The van der Waals surface area contributed by atoms with Crippen LogP contribution < -0.4 is 4.72 Å². The number of rotatable bonds is 3. The summed E-state index contributed by atoms with van der Waals surface area (Å²) in [6.45, 7) is 0. The molecular formula is C11H7ClN4O2S. The maximum absolute atomic E-state index is 12.0. The van der Waals surface area contributed by atoms with Crippen LogP contribution >= 0.6 is 11.6 Å². The van der Waals surface area contributed by atoms with E-state index < -0.39 is 10.0 Å². The number of nitrogens with one attached hydrogen (secondary N) is 1. The van der Waals surface area contributed by atoms with Gasteiger partial charge in [0.15, 0.2) is 5.82 Å². The largest absolute Gasteiger partial charge is 0.263 e. The highest BCUT2D eigenvalue weighted by molar-refractivity contribution is 7.92. The van der Waals surface area contributed by atoms with Crippen LogP contribution in [0.5, 0.6) is 0 Å². The Kier molecular flexibility index (Phi) is 3.64. The van der Waals surface area contributed by atoms with E-state index in [-0.39, 0.29) is 21.3 Å². The third-order valence-corrected chi connectivity index (χ3v) is 3.84. The zero-order valence-electron chi connectivity index (χ0n) is 9.41. The molecule has 0 atom stereocenters. The SMILES string of the molecule is N#Cc1ccc(S(=O)(=O)Nc2cnccn2)cc1Cl. The molecule has 0 unspecified atom stereocenters. The summed E-state index contributed by atoms with van der Waals surface area (Å²) in [4.78, 5) is 7.50. The predicted octanol–water partition coefficient (Wildman–Crippen LogP) is 1.80. The maximum Gasteiger partial charge on any atom is 0.263 e. The Morgan fingerprint density at radius 1 is 1.32 bits per heavy atom. The molecule has 19 heavy (non-hydrogen) atoms. The molecule has 2 aromatic rings. The normalized spacial score (nSPS) is 10.7. The second-order valence-corrected chi connectivity index (χ2v) is 5.54. The molecule has 0 aliphatic heterocycles. The van der Waals surface area contributed by atoms with Gasteiger partial charge in [0.1, 0.15) is 6.07 Å². The Morgan fingerprint density at radius 2 is 2.11 bits per heavy atom. The van der Waals surface area contributed by atoms with Crippen molar-refractivity contribution in [3.8, 4) is 6.07 Å². The lowest BCUT2D eigenvalue weighted by molar-refractivity contribution is 0.601. The summed E-state index contributed by atoms with van der Waals surface area (Å²) in [5.41, 5.74) is 0.208. The number of anilines is 1. The molecule has 8 heteroatoms. The first-order valence-corrected chi connectivity index (χ1v) is 6.87. The molecule has 96 valence electrons. The average Bonchev–Trinajstić information content (AvgIpc) is 2.39. The molecule has 1 aromatic heterocycles. The summed E-state index contributed by atoms with van der Waals surface area (Å²) in [6.07, 6.45) is 4.07. The van der Waals surface area contributed by atoms with Crippen LogP contribution in [0.25, 0.3) is 0 Å². The van der Waals surface area contributed by atoms with E-state index in [4.69, 9.17) is 16.9 Å². The van der Waals surface area contributed by atoms with Gasteiger partial charge in [0, 0.05) is 12.4 Å². The van der Waals surface area contributed by atoms with Crippen molar-refractivity contribution in [3.05, 3.63) is 47.4 Å². The molecule has 0 spiro atoms. The number of nitriles is 1. The fraction of sp³-hybridized carbons (Fsp3) is 0. The maximum atomic E-state index is 12.0. The molecule has 0 radical (unpaired) electrons. The Morgan fingerprint density at radius 3 is 2.68 bits per heavy atom. The number of benzene rings is 1. The molecule has 2 rings (SSSR count). The molecule has 0 bridgehead atoms. The molecule has 1 heterocycles. The van der Waals surface area contributed by atoms with Crippen LogP contribution in [0.4, 0.5) is 5.82 Å². The minimum Gasteiger partial charge on any atom is -0.262 e. The Hall–Kier alpha value is -2.17. The topological polar surface area (TPSA) is 95.7 Å². The molecule has 1 N–H and O–H groups in total. The summed E-state index contributed by atoms with van der Waals surface area (Å²) >= 11 is 5.80. The van der Waals surface area contributed by atoms with Gasteiger partial charge in [0.2, 0.25) is 0 Å². The van der Waals surface area contributed by atoms with Crippen molar-refractivity contribution in [1.29, 1.82) is 5.26 Å². The molecule has 0 saturated carbocycles. The lowest BCUT2D eigenvalue weighted by Gasteiger charge is -2.07. The second-order valence-electron chi connectivity index (χ2n) is 3.45. The van der Waals surface area contributed by atoms with Gasteiger partial charge < -0.3 is 0 Å². The van der Waals surface area contributed by atoms with Gasteiger partial charge in [0.05, 0.1) is 21.7 Å². The molecule has 1 aromatic carbocycles. The summed E-state index contributed by atoms with van der Waals surface area (Å²) in [5, 5.41) is 8.80. The Bertz CT molecular complexity index is 741. The molecular weight excluding hydrogens is 288 g/mol. The molecule has 6 nitrogen and oxygen atoms in total. The van der Waals surface area contributed by atoms with Crippen LogP contribution in [0.1, 0.15) is 5.56 Å². The molecule has 0 saturated heterocycles. The summed E-state index contributed by atoms with van der Waals surface area (Å²) in [6, 6.07) is 5.70. The van der Waals surface area contributed by atoms with Crippen molar-refractivity contribution in [2.24, 2.45) is 0 Å². The van der Waals surface area contributed by atoms with E-state index in [1.807, 2.05) is 6.07 Å². The smallest absolute Gasteiger partial charge is 0.262 e. The van der Waals surface area contributed by atoms with E-state index in [1.54, 1.807) is 0 Å². The van der Waals surface area contributed by atoms with Crippen LogP contribution in [-0.4, -0.2) is 18.4 Å². The highest BCUT2D eigenvalue weighted by atomic mass is 35.5. The lowest BCUT2D eigenvalue weighted by atomic mass is 10.2. The summed E-state index contributed by atoms with van der Waals surface area (Å²) in [5.74, 6) is 0.1000. The number of sulfonamides is 1. The summed E-state index contributed by atoms with van der Waals surface area (Å²) < 4.78 is 26.3. The van der Waals surface area contributed by atoms with E-state index in [2.05, 4.69) is 14.7 Å². The standard InChI is InChI=1S/C11H7ClN4O2S/c12-10-5-9(2-1-8(10)6-13)19(17,18)16-11-7-14-3-4-15-11/h1-5,7H,(H,15,16). The molecule has 0 fully saturated rings. The van der Waals surface area contributed by atoms with E-state index in [0.29, 0.717) is 0 Å². The molecule has 0 amide bonds. The molecule has 0 aliphatic carbocycles. The fourth-order valence-corrected chi connectivity index (χ4v) is 2.61. The van der Waals surface area contributed by atoms with Gasteiger partial charge >= 0.3 is 0 Å². The van der Waals surface area contributed by atoms with Gasteiger partial charge in [-0.3, -0.25) is 9.71 Å². The van der Waals surface area contributed by atoms with E-state index in [9.17, 15) is 8.42 Å². The first-order chi connectivity index (χ1) is 9.03. The van der Waals surface area contributed by atoms with Crippen molar-refractivity contribution in [2.45, 2.75) is 4.90 Å². The van der Waals surface area contributed by atoms with Crippen molar-refractivity contribution < 1.29 is 8.42 Å². The predicted molar refractivity (Wildman–Crippen MR) is 69.0 cm³/mol. The van der Waals surface area contributed by atoms with Crippen LogP contribution in [-0.2, 0) is 10.0 Å². The number of halogens is 1. The van der Waals surface area contributed by atoms with Gasteiger partial charge in [-0.1, -0.05) is 11.6 Å². The van der Waals surface area contributed by atoms with Gasteiger partial charge in [-0.15, -0.1) is 0 Å². The quantitative estimate of drug-likeness (QED) is 0.931. The summed E-state index contributed by atoms with van der Waals surface area (Å²) in [7, 11) is -3.81. The number of nitrogens with zero attached hydrogens (tertiary/aromatic N) is 3. The van der Waals surface area contributed by atoms with E-state index in [0.717, 1.165) is 0 Å². The lowest BCUT2D eigenvalue weighted by Crippen LogP contribution is -2.14. The van der Waals surface area contributed by atoms with Crippen molar-refractivity contribution in [1.82, 2.24) is 9.97 Å². The van der Waals surface area contributed by atoms with E-state index >= 15 is 0 Å². The first-order valence-electron chi connectivity index (χ1n) is 5.01. The van der Waals surface area contributed by atoms with Gasteiger partial charge in [-0.2, -0.15) is 5.26 Å². The Labute approximate surface area is 114 Å². The van der Waals surface area contributed by atoms with Crippen molar-refractivity contribution >= 4 is 27.4 Å². The highest BCUT2D eigenvalue weighted by Gasteiger charge is 2.16. The molecule has 0 aliphatic rings. The van der Waals surface area contributed by atoms with Crippen molar-refractivity contribution in [2.75, 3.05) is 4.72 Å². The fourth-order valence-electron chi connectivity index (χ4n) is 1.30. The highest BCUT2D eigenvalue weighted by Crippen LogP contribution is 2.21. The van der Waals surface area contributed by atoms with Gasteiger partial charge in [-0.25, -0.2) is 13.4 Å².